The zero-order valence-corrected chi connectivity index (χ0v) is 7.76. The number of hydrogen-bond donors (Lipinski definition) is 3. The molecule has 0 saturated heterocycles. The van der Waals surface area contributed by atoms with Crippen molar-refractivity contribution in [2.75, 3.05) is 13.1 Å². The lowest BCUT2D eigenvalue weighted by Gasteiger charge is -2.21. The van der Waals surface area contributed by atoms with Crippen LogP contribution < -0.4 is 16.7 Å². The van der Waals surface area contributed by atoms with Gasteiger partial charge in [0.15, 0.2) is 0 Å². The Morgan fingerprint density at radius 1 is 1.33 bits per heavy atom. The third-order valence-corrected chi connectivity index (χ3v) is 1.38. The minimum atomic E-state index is -0.364. The van der Waals surface area contributed by atoms with Crippen LogP contribution in [0.4, 0.5) is 4.79 Å². The number of amides is 2. The molecule has 0 saturated carbocycles. The molecule has 0 rings (SSSR count). The molecular weight excluding hydrogens is 156 g/mol. The first kappa shape index (κ1) is 11.2. The molecule has 0 atom stereocenters. The summed E-state index contributed by atoms with van der Waals surface area (Å²) in [5.74, 6) is 4.92. The minimum absolute atomic E-state index is 0.364. The number of nitrogens with one attached hydrogen (secondary N) is 2. The number of nitrogens with zero attached hydrogens (tertiary/aromatic N) is 1. The summed E-state index contributed by atoms with van der Waals surface area (Å²) in [4.78, 5) is 10.8. The number of carbonyl (C=O) groups is 1. The number of hydrazine groups is 2. The average molecular weight is 174 g/mol. The maximum atomic E-state index is 10.8. The zero-order chi connectivity index (χ0) is 9.40. The highest BCUT2D eigenvalue weighted by atomic mass is 16.2. The van der Waals surface area contributed by atoms with Crippen molar-refractivity contribution in [3.8, 4) is 0 Å². The maximum Gasteiger partial charge on any atom is 0.343 e. The normalized spacial score (nSPS) is 10.0. The number of urea groups is 1. The second kappa shape index (κ2) is 6.87. The molecular formula is C7H18N4O. The summed E-state index contributed by atoms with van der Waals surface area (Å²) in [5.41, 5.74) is 4.65. The van der Waals surface area contributed by atoms with Gasteiger partial charge in [-0.2, -0.15) is 0 Å². The zero-order valence-electron chi connectivity index (χ0n) is 7.76. The van der Waals surface area contributed by atoms with Gasteiger partial charge in [-0.15, -0.1) is 0 Å². The highest BCUT2D eigenvalue weighted by Crippen LogP contribution is 1.88. The van der Waals surface area contributed by atoms with Crippen LogP contribution in [0.15, 0.2) is 0 Å². The SMILES string of the molecule is CCCN(CCC)NC(=O)NN. The summed E-state index contributed by atoms with van der Waals surface area (Å²) in [6, 6.07) is -0.364. The molecule has 0 aromatic carbocycles. The van der Waals surface area contributed by atoms with Crippen LogP contribution in [0, 0.1) is 0 Å². The Balaban J connectivity index is 3.68. The number of rotatable bonds is 5. The van der Waals surface area contributed by atoms with Gasteiger partial charge in [0.2, 0.25) is 0 Å². The van der Waals surface area contributed by atoms with E-state index in [2.05, 4.69) is 19.3 Å². The van der Waals surface area contributed by atoms with Gasteiger partial charge in [-0.25, -0.2) is 15.6 Å². The third kappa shape index (κ3) is 4.92. The number of nitrogens with two attached hydrogens (primary N) is 1. The maximum absolute atomic E-state index is 10.8. The Morgan fingerprint density at radius 3 is 2.17 bits per heavy atom. The number of hydrogen-bond acceptors (Lipinski definition) is 3. The van der Waals surface area contributed by atoms with E-state index in [1.54, 1.807) is 0 Å². The summed E-state index contributed by atoms with van der Waals surface area (Å²) in [7, 11) is 0. The van der Waals surface area contributed by atoms with Crippen molar-refractivity contribution in [3.05, 3.63) is 0 Å². The lowest BCUT2D eigenvalue weighted by Crippen LogP contribution is -2.49. The molecule has 72 valence electrons. The van der Waals surface area contributed by atoms with Crippen molar-refractivity contribution in [1.29, 1.82) is 0 Å². The van der Waals surface area contributed by atoms with Crippen molar-refractivity contribution in [2.24, 2.45) is 5.84 Å². The molecule has 5 heteroatoms. The Kier molecular flexibility index (Phi) is 6.41. The van der Waals surface area contributed by atoms with E-state index in [-0.39, 0.29) is 6.03 Å². The number of carbonyl (C=O) groups excluding carboxylic acids is 1. The van der Waals surface area contributed by atoms with Gasteiger partial charge in [0, 0.05) is 13.1 Å². The smallest absolute Gasteiger partial charge is 0.275 e. The van der Waals surface area contributed by atoms with Crippen molar-refractivity contribution >= 4 is 6.03 Å². The second-order valence-corrected chi connectivity index (χ2v) is 2.57. The van der Waals surface area contributed by atoms with Gasteiger partial charge in [0.25, 0.3) is 0 Å². The van der Waals surface area contributed by atoms with Crippen LogP contribution in [0.2, 0.25) is 0 Å². The molecule has 0 bridgehead atoms. The molecule has 0 spiro atoms. The Labute approximate surface area is 73.2 Å². The quantitative estimate of drug-likeness (QED) is 0.317. The third-order valence-electron chi connectivity index (χ3n) is 1.38. The van der Waals surface area contributed by atoms with Gasteiger partial charge in [-0.1, -0.05) is 13.8 Å². The molecule has 0 aliphatic rings. The summed E-state index contributed by atoms with van der Waals surface area (Å²) >= 11 is 0. The van der Waals surface area contributed by atoms with Crippen LogP contribution in [0.5, 0.6) is 0 Å². The molecule has 0 unspecified atom stereocenters. The van der Waals surface area contributed by atoms with E-state index in [0.29, 0.717) is 0 Å². The fourth-order valence-electron chi connectivity index (χ4n) is 0.939. The molecule has 0 radical (unpaired) electrons. The highest BCUT2D eigenvalue weighted by molar-refractivity contribution is 5.72. The van der Waals surface area contributed by atoms with E-state index >= 15 is 0 Å². The van der Waals surface area contributed by atoms with Crippen molar-refractivity contribution in [3.63, 3.8) is 0 Å². The van der Waals surface area contributed by atoms with Gasteiger partial charge in [-0.05, 0) is 12.8 Å². The fourth-order valence-corrected chi connectivity index (χ4v) is 0.939. The first-order valence-corrected chi connectivity index (χ1v) is 4.26. The molecule has 2 amide bonds. The van der Waals surface area contributed by atoms with Gasteiger partial charge >= 0.3 is 6.03 Å². The van der Waals surface area contributed by atoms with Crippen molar-refractivity contribution in [2.45, 2.75) is 26.7 Å². The fraction of sp³-hybridized carbons (Fsp3) is 0.857. The molecule has 0 fully saturated rings. The molecule has 5 nitrogen and oxygen atoms in total. The summed E-state index contributed by atoms with van der Waals surface area (Å²) in [6.45, 7) is 5.82. The Hall–Kier alpha value is -0.810. The lowest BCUT2D eigenvalue weighted by molar-refractivity contribution is 0.176. The van der Waals surface area contributed by atoms with Crippen LogP contribution in [0.25, 0.3) is 0 Å². The van der Waals surface area contributed by atoms with E-state index < -0.39 is 0 Å². The minimum Gasteiger partial charge on any atom is -0.275 e. The lowest BCUT2D eigenvalue weighted by atomic mass is 10.4. The predicted molar refractivity (Wildman–Crippen MR) is 48.0 cm³/mol. The summed E-state index contributed by atoms with van der Waals surface area (Å²) < 4.78 is 0. The Bertz CT molecular complexity index is 123. The van der Waals surface area contributed by atoms with Gasteiger partial charge in [0.1, 0.15) is 0 Å². The average Bonchev–Trinajstić information content (AvgIpc) is 2.05. The molecule has 0 aromatic heterocycles. The highest BCUT2D eigenvalue weighted by Gasteiger charge is 2.04. The van der Waals surface area contributed by atoms with Gasteiger partial charge in [-0.3, -0.25) is 10.9 Å². The molecule has 0 aliphatic heterocycles. The van der Waals surface area contributed by atoms with Crippen LogP contribution in [0.3, 0.4) is 0 Å². The largest absolute Gasteiger partial charge is 0.343 e. The van der Waals surface area contributed by atoms with E-state index in [9.17, 15) is 4.79 Å². The van der Waals surface area contributed by atoms with Crippen LogP contribution in [-0.4, -0.2) is 24.1 Å². The van der Waals surface area contributed by atoms with Gasteiger partial charge in [0.05, 0.1) is 0 Å². The van der Waals surface area contributed by atoms with Crippen molar-refractivity contribution in [1.82, 2.24) is 15.9 Å². The molecule has 4 N–H and O–H groups in total. The van der Waals surface area contributed by atoms with Crippen LogP contribution >= 0.6 is 0 Å². The van der Waals surface area contributed by atoms with Gasteiger partial charge < -0.3 is 0 Å². The van der Waals surface area contributed by atoms with E-state index in [4.69, 9.17) is 5.84 Å². The van der Waals surface area contributed by atoms with Crippen LogP contribution in [-0.2, 0) is 0 Å². The summed E-state index contributed by atoms with van der Waals surface area (Å²) in [6.07, 6.45) is 2.01. The van der Waals surface area contributed by atoms with Crippen molar-refractivity contribution < 1.29 is 4.79 Å². The summed E-state index contributed by atoms with van der Waals surface area (Å²) in [5, 5.41) is 1.85. The second-order valence-electron chi connectivity index (χ2n) is 2.57. The monoisotopic (exact) mass is 174 g/mol. The molecule has 12 heavy (non-hydrogen) atoms. The first-order valence-electron chi connectivity index (χ1n) is 4.26. The standard InChI is InChI=1S/C7H18N4O/c1-3-5-11(6-4-2)10-7(12)9-8/h3-6,8H2,1-2H3,(H2,9,10,12). The van der Waals surface area contributed by atoms with Crippen LogP contribution in [0.1, 0.15) is 26.7 Å². The van der Waals surface area contributed by atoms with E-state index in [0.717, 1.165) is 25.9 Å². The van der Waals surface area contributed by atoms with E-state index in [1.165, 1.54) is 0 Å². The first-order chi connectivity index (χ1) is 5.74. The topological polar surface area (TPSA) is 70.4 Å². The van der Waals surface area contributed by atoms with E-state index in [1.807, 2.05) is 10.4 Å². The molecule has 0 aliphatic carbocycles. The molecule has 0 heterocycles. The molecule has 0 aromatic rings. The predicted octanol–water partition coefficient (Wildman–Crippen LogP) is 0.196. The Morgan fingerprint density at radius 2 is 1.83 bits per heavy atom.